The minimum Gasteiger partial charge on any atom is -0.351 e. The Morgan fingerprint density at radius 2 is 2.10 bits per heavy atom. The Morgan fingerprint density at radius 1 is 1.38 bits per heavy atom. The molecule has 0 saturated heterocycles. The van der Waals surface area contributed by atoms with Crippen molar-refractivity contribution in [1.29, 1.82) is 0 Å². The lowest BCUT2D eigenvalue weighted by Gasteiger charge is -2.35. The Balaban J connectivity index is 2.06. The molecule has 1 aliphatic rings. The number of thioether (sulfide) groups is 1. The van der Waals surface area contributed by atoms with Crippen molar-refractivity contribution in [2.75, 3.05) is 18.2 Å². The Kier molecular flexibility index (Phi) is 5.47. The number of carbonyl (C=O) groups excluding carboxylic acids is 1. The summed E-state index contributed by atoms with van der Waals surface area (Å²) in [6, 6.07) is 4.35. The molecular formula is C15H22FN3OS. The molecule has 0 aliphatic heterocycles. The van der Waals surface area contributed by atoms with Crippen molar-refractivity contribution >= 4 is 23.4 Å². The molecule has 2 rings (SSSR count). The molecule has 4 nitrogen and oxygen atoms in total. The highest BCUT2D eigenvalue weighted by molar-refractivity contribution is 8.00. The number of benzene rings is 1. The molecule has 0 radical (unpaired) electrons. The molecule has 0 atom stereocenters. The number of hydrogen-bond acceptors (Lipinski definition) is 4. The molecule has 1 fully saturated rings. The molecule has 21 heavy (non-hydrogen) atoms. The molecule has 0 spiro atoms. The van der Waals surface area contributed by atoms with Crippen LogP contribution in [0.15, 0.2) is 18.2 Å². The first-order valence-electron chi connectivity index (χ1n) is 7.20. The minimum absolute atomic E-state index is 0.0387. The monoisotopic (exact) mass is 311 g/mol. The number of anilines is 1. The second kappa shape index (κ2) is 7.13. The highest BCUT2D eigenvalue weighted by atomic mass is 32.2. The number of nitrogen functional groups attached to an aromatic ring is 1. The van der Waals surface area contributed by atoms with Crippen LogP contribution in [-0.2, 0) is 0 Å². The van der Waals surface area contributed by atoms with Gasteiger partial charge < -0.3 is 10.7 Å². The van der Waals surface area contributed by atoms with E-state index in [1.807, 2.05) is 11.8 Å². The third kappa shape index (κ3) is 3.68. The largest absolute Gasteiger partial charge is 0.351 e. The summed E-state index contributed by atoms with van der Waals surface area (Å²) in [5, 5.41) is 2.94. The molecule has 1 amide bonds. The third-order valence-electron chi connectivity index (χ3n) is 4.17. The van der Waals surface area contributed by atoms with Crippen molar-refractivity contribution in [2.45, 2.75) is 36.9 Å². The predicted octanol–water partition coefficient (Wildman–Crippen LogP) is 2.91. The van der Waals surface area contributed by atoms with E-state index in [-0.39, 0.29) is 21.9 Å². The van der Waals surface area contributed by atoms with E-state index in [4.69, 9.17) is 5.84 Å². The zero-order chi connectivity index (χ0) is 15.3. The van der Waals surface area contributed by atoms with Gasteiger partial charge in [-0.1, -0.05) is 25.3 Å². The molecule has 0 heterocycles. The molecule has 4 N–H and O–H groups in total. The van der Waals surface area contributed by atoms with Crippen LogP contribution in [0.25, 0.3) is 0 Å². The van der Waals surface area contributed by atoms with Gasteiger partial charge in [0.2, 0.25) is 0 Å². The van der Waals surface area contributed by atoms with E-state index in [0.29, 0.717) is 6.54 Å². The molecule has 0 unspecified atom stereocenters. The fourth-order valence-corrected chi connectivity index (χ4v) is 3.76. The van der Waals surface area contributed by atoms with Gasteiger partial charge >= 0.3 is 0 Å². The van der Waals surface area contributed by atoms with Crippen LogP contribution in [-0.4, -0.2) is 23.5 Å². The van der Waals surface area contributed by atoms with Crippen LogP contribution in [0.5, 0.6) is 0 Å². The lowest BCUT2D eigenvalue weighted by atomic mass is 9.88. The van der Waals surface area contributed by atoms with Crippen LogP contribution >= 0.6 is 11.8 Å². The fourth-order valence-electron chi connectivity index (χ4n) is 2.85. The Hall–Kier alpha value is -1.27. The van der Waals surface area contributed by atoms with Crippen LogP contribution < -0.4 is 16.6 Å². The summed E-state index contributed by atoms with van der Waals surface area (Å²) in [5.41, 5.74) is 2.54. The van der Waals surface area contributed by atoms with Gasteiger partial charge in [-0.05, 0) is 31.2 Å². The number of carbonyl (C=O) groups is 1. The fraction of sp³-hybridized carbons (Fsp3) is 0.533. The van der Waals surface area contributed by atoms with E-state index in [1.165, 1.54) is 31.4 Å². The standard InChI is InChI=1S/C15H22FN3OS/c1-21-15(8-3-2-4-9-15)10-18-14(20)11-6-5-7-12(16)13(11)19-17/h5-7,19H,2-4,8-10,17H2,1H3,(H,18,20). The summed E-state index contributed by atoms with van der Waals surface area (Å²) >= 11 is 1.81. The van der Waals surface area contributed by atoms with E-state index < -0.39 is 5.82 Å². The summed E-state index contributed by atoms with van der Waals surface area (Å²) in [4.78, 5) is 12.3. The van der Waals surface area contributed by atoms with Crippen molar-refractivity contribution in [2.24, 2.45) is 5.84 Å². The maximum atomic E-state index is 13.6. The number of rotatable bonds is 5. The topological polar surface area (TPSA) is 67.2 Å². The Bertz CT molecular complexity index is 504. The average molecular weight is 311 g/mol. The van der Waals surface area contributed by atoms with Crippen molar-refractivity contribution in [3.05, 3.63) is 29.6 Å². The van der Waals surface area contributed by atoms with E-state index in [2.05, 4.69) is 17.0 Å². The minimum atomic E-state index is -0.526. The maximum absolute atomic E-state index is 13.6. The summed E-state index contributed by atoms with van der Waals surface area (Å²) in [6.07, 6.45) is 7.98. The molecule has 1 saturated carbocycles. The SMILES string of the molecule is CSC1(CNC(=O)c2cccc(F)c2NN)CCCCC1. The first-order valence-corrected chi connectivity index (χ1v) is 8.43. The molecule has 1 aromatic rings. The van der Waals surface area contributed by atoms with Crippen LogP contribution in [0.4, 0.5) is 10.1 Å². The van der Waals surface area contributed by atoms with Gasteiger partial charge in [0.25, 0.3) is 5.91 Å². The zero-order valence-electron chi connectivity index (χ0n) is 12.2. The molecule has 1 aromatic carbocycles. The zero-order valence-corrected chi connectivity index (χ0v) is 13.1. The molecule has 6 heteroatoms. The Labute approximate surface area is 129 Å². The number of nitrogens with two attached hydrogens (primary N) is 1. The summed E-state index contributed by atoms with van der Waals surface area (Å²) < 4.78 is 13.7. The molecule has 1 aliphatic carbocycles. The Morgan fingerprint density at radius 3 is 2.71 bits per heavy atom. The predicted molar refractivity (Wildman–Crippen MR) is 85.9 cm³/mol. The van der Waals surface area contributed by atoms with Crippen molar-refractivity contribution < 1.29 is 9.18 Å². The summed E-state index contributed by atoms with van der Waals surface area (Å²) in [7, 11) is 0. The van der Waals surface area contributed by atoms with Gasteiger partial charge in [0.05, 0.1) is 11.3 Å². The van der Waals surface area contributed by atoms with Crippen LogP contribution in [0.2, 0.25) is 0 Å². The smallest absolute Gasteiger partial charge is 0.253 e. The average Bonchev–Trinajstić information content (AvgIpc) is 2.53. The highest BCUT2D eigenvalue weighted by Gasteiger charge is 2.31. The van der Waals surface area contributed by atoms with Crippen LogP contribution in [0.1, 0.15) is 42.5 Å². The second-order valence-electron chi connectivity index (χ2n) is 5.44. The lowest BCUT2D eigenvalue weighted by Crippen LogP contribution is -2.42. The van der Waals surface area contributed by atoms with Crippen molar-refractivity contribution in [3.8, 4) is 0 Å². The van der Waals surface area contributed by atoms with Gasteiger partial charge in [-0.2, -0.15) is 11.8 Å². The van der Waals surface area contributed by atoms with Crippen LogP contribution in [0.3, 0.4) is 0 Å². The van der Waals surface area contributed by atoms with Crippen LogP contribution in [0, 0.1) is 5.82 Å². The van der Waals surface area contributed by atoms with E-state index in [0.717, 1.165) is 12.8 Å². The quantitative estimate of drug-likeness (QED) is 0.578. The highest BCUT2D eigenvalue weighted by Crippen LogP contribution is 2.38. The summed E-state index contributed by atoms with van der Waals surface area (Å²) in [5.74, 6) is 4.49. The number of nitrogens with one attached hydrogen (secondary N) is 2. The second-order valence-corrected chi connectivity index (χ2v) is 6.71. The van der Waals surface area contributed by atoms with E-state index in [1.54, 1.807) is 6.07 Å². The summed E-state index contributed by atoms with van der Waals surface area (Å²) in [6.45, 7) is 0.605. The van der Waals surface area contributed by atoms with Gasteiger partial charge in [-0.25, -0.2) is 4.39 Å². The number of amides is 1. The van der Waals surface area contributed by atoms with Crippen molar-refractivity contribution in [1.82, 2.24) is 5.32 Å². The molecule has 116 valence electrons. The van der Waals surface area contributed by atoms with Crippen molar-refractivity contribution in [3.63, 3.8) is 0 Å². The van der Waals surface area contributed by atoms with Gasteiger partial charge in [0, 0.05) is 11.3 Å². The third-order valence-corrected chi connectivity index (χ3v) is 5.59. The van der Waals surface area contributed by atoms with Gasteiger partial charge in [-0.15, -0.1) is 0 Å². The first kappa shape index (κ1) is 16.1. The molecule has 0 aromatic heterocycles. The number of hydrogen-bond donors (Lipinski definition) is 3. The molecular weight excluding hydrogens is 289 g/mol. The van der Waals surface area contributed by atoms with Gasteiger partial charge in [0.1, 0.15) is 5.82 Å². The first-order chi connectivity index (χ1) is 10.1. The lowest BCUT2D eigenvalue weighted by molar-refractivity contribution is 0.0947. The molecule has 0 bridgehead atoms. The normalized spacial score (nSPS) is 17.3. The maximum Gasteiger partial charge on any atom is 0.253 e. The van der Waals surface area contributed by atoms with E-state index >= 15 is 0 Å². The number of para-hydroxylation sites is 1. The van der Waals surface area contributed by atoms with Gasteiger partial charge in [-0.3, -0.25) is 10.6 Å². The van der Waals surface area contributed by atoms with E-state index in [9.17, 15) is 9.18 Å². The number of halogens is 1. The van der Waals surface area contributed by atoms with Gasteiger partial charge in [0.15, 0.2) is 0 Å². The number of hydrazine groups is 1.